The van der Waals surface area contributed by atoms with Gasteiger partial charge in [-0.15, -0.1) is 0 Å². The molecule has 0 heterocycles. The summed E-state index contributed by atoms with van der Waals surface area (Å²) in [6.07, 6.45) is 6.49. The monoisotopic (exact) mass is 401 g/mol. The number of benzene rings is 3. The second kappa shape index (κ2) is 9.55. The first-order valence-corrected chi connectivity index (χ1v) is 12.9. The predicted octanol–water partition coefficient (Wildman–Crippen LogP) is 6.75. The lowest BCUT2D eigenvalue weighted by molar-refractivity contribution is 0.397. The van der Waals surface area contributed by atoms with Crippen molar-refractivity contribution in [3.05, 3.63) is 103 Å². The molecule has 0 saturated carbocycles. The average molecular weight is 402 g/mol. The van der Waals surface area contributed by atoms with Gasteiger partial charge < -0.3 is 0 Å². The van der Waals surface area contributed by atoms with Gasteiger partial charge in [-0.05, 0) is 68.0 Å². The summed E-state index contributed by atoms with van der Waals surface area (Å²) in [5.74, 6) is 0. The maximum Gasteiger partial charge on any atom is 0.109 e. The van der Waals surface area contributed by atoms with Crippen LogP contribution in [0.3, 0.4) is 0 Å². The highest BCUT2D eigenvalue weighted by molar-refractivity contribution is 7.95. The van der Waals surface area contributed by atoms with Crippen molar-refractivity contribution >= 4 is 23.2 Å². The van der Waals surface area contributed by atoms with E-state index in [1.54, 1.807) is 5.57 Å². The number of allylic oxidation sites excluding steroid dienone is 2. The number of hydrogen-bond donors (Lipinski definition) is 0. The van der Waals surface area contributed by atoms with E-state index in [-0.39, 0.29) is 0 Å². The molecule has 150 valence electrons. The van der Waals surface area contributed by atoms with E-state index in [2.05, 4.69) is 125 Å². The van der Waals surface area contributed by atoms with Crippen LogP contribution in [0.15, 0.2) is 103 Å². The summed E-state index contributed by atoms with van der Waals surface area (Å²) >= 11 is 0. The van der Waals surface area contributed by atoms with E-state index < -0.39 is 7.26 Å². The summed E-state index contributed by atoms with van der Waals surface area (Å²) in [6, 6.07) is 32.6. The zero-order chi connectivity index (χ0) is 20.7. The molecule has 0 nitrogen and oxygen atoms in total. The van der Waals surface area contributed by atoms with Crippen molar-refractivity contribution < 1.29 is 0 Å². The summed E-state index contributed by atoms with van der Waals surface area (Å²) in [4.78, 5) is 0. The predicted molar refractivity (Wildman–Crippen MR) is 132 cm³/mol. The molecule has 0 atom stereocenters. The Morgan fingerprint density at radius 3 is 1.31 bits per heavy atom. The molecule has 1 aliphatic carbocycles. The number of hydrogen-bond acceptors (Lipinski definition) is 0. The third-order valence-corrected chi connectivity index (χ3v) is 9.84. The number of rotatable bonds is 3. The van der Waals surface area contributed by atoms with Crippen LogP contribution in [0.4, 0.5) is 0 Å². The van der Waals surface area contributed by atoms with Gasteiger partial charge in [0.2, 0.25) is 0 Å². The van der Waals surface area contributed by atoms with Crippen LogP contribution >= 0.6 is 7.26 Å². The highest BCUT2D eigenvalue weighted by atomic mass is 31.2. The summed E-state index contributed by atoms with van der Waals surface area (Å²) in [7, 11) is -1.53. The fourth-order valence-corrected chi connectivity index (χ4v) is 7.46. The molecule has 1 aliphatic rings. The Morgan fingerprint density at radius 1 is 0.655 bits per heavy atom. The zero-order valence-electron chi connectivity index (χ0n) is 18.3. The van der Waals surface area contributed by atoms with E-state index in [1.807, 2.05) is 0 Å². The molecule has 0 unspecified atom stereocenters. The van der Waals surface area contributed by atoms with E-state index in [0.29, 0.717) is 5.41 Å². The summed E-state index contributed by atoms with van der Waals surface area (Å²) < 4.78 is 0. The first kappa shape index (κ1) is 21.5. The molecule has 0 amide bonds. The smallest absolute Gasteiger partial charge is 0.0799 e. The lowest BCUT2D eigenvalue weighted by atomic mass is 9.80. The van der Waals surface area contributed by atoms with Gasteiger partial charge in [-0.2, -0.15) is 0 Å². The Hall–Kier alpha value is -2.17. The summed E-state index contributed by atoms with van der Waals surface area (Å²) in [5.41, 5.74) is 2.06. The molecule has 3 aromatic carbocycles. The van der Waals surface area contributed by atoms with Crippen molar-refractivity contribution in [1.29, 1.82) is 0 Å². The maximum absolute atomic E-state index is 2.41. The van der Waals surface area contributed by atoms with Crippen LogP contribution in [0.1, 0.15) is 40.0 Å². The normalized spacial score (nSPS) is 15.7. The van der Waals surface area contributed by atoms with Gasteiger partial charge in [0.1, 0.15) is 23.2 Å². The SMILES string of the molecule is CC1=CC(C)(C)CCC1.C[P+](c1ccccc1)(c1ccccc1)c1ccccc1. The molecule has 0 bridgehead atoms. The van der Waals surface area contributed by atoms with Gasteiger partial charge in [0.15, 0.2) is 0 Å². The molecule has 29 heavy (non-hydrogen) atoms. The standard InChI is InChI=1S/C19H18P.C9H16/c1-20(17-11-5-2-6-12-17,18-13-7-3-8-14-18)19-15-9-4-10-16-19;1-8-5-4-6-9(2,3)7-8/h2-16H,1H3;7H,4-6H2,1-3H3/q+1;. The second-order valence-corrected chi connectivity index (χ2v) is 12.4. The van der Waals surface area contributed by atoms with E-state index in [4.69, 9.17) is 0 Å². The van der Waals surface area contributed by atoms with E-state index in [1.165, 1.54) is 35.2 Å². The van der Waals surface area contributed by atoms with Gasteiger partial charge in [0, 0.05) is 0 Å². The molecule has 0 radical (unpaired) electrons. The van der Waals surface area contributed by atoms with Crippen molar-refractivity contribution in [2.75, 3.05) is 6.66 Å². The summed E-state index contributed by atoms with van der Waals surface area (Å²) in [6.45, 7) is 9.28. The highest BCUT2D eigenvalue weighted by Gasteiger charge is 2.39. The van der Waals surface area contributed by atoms with Crippen LogP contribution < -0.4 is 15.9 Å². The molecule has 0 fully saturated rings. The highest BCUT2D eigenvalue weighted by Crippen LogP contribution is 2.51. The molecule has 0 N–H and O–H groups in total. The molecule has 0 aliphatic heterocycles. The van der Waals surface area contributed by atoms with Crippen LogP contribution in [-0.4, -0.2) is 6.66 Å². The van der Waals surface area contributed by atoms with Crippen molar-refractivity contribution in [3.8, 4) is 0 Å². The third-order valence-electron chi connectivity index (χ3n) is 5.85. The fourth-order valence-electron chi connectivity index (χ4n) is 4.26. The molecule has 3 aromatic rings. The Morgan fingerprint density at radius 2 is 1.03 bits per heavy atom. The first-order valence-electron chi connectivity index (χ1n) is 10.6. The average Bonchev–Trinajstić information content (AvgIpc) is 2.74. The minimum atomic E-state index is -1.53. The molecule has 0 aromatic heterocycles. The van der Waals surface area contributed by atoms with Gasteiger partial charge in [-0.1, -0.05) is 80.1 Å². The van der Waals surface area contributed by atoms with Gasteiger partial charge in [0.25, 0.3) is 0 Å². The fraction of sp³-hybridized carbons (Fsp3) is 0.286. The van der Waals surface area contributed by atoms with E-state index in [0.717, 1.165) is 0 Å². The molecule has 0 saturated heterocycles. The lowest BCUT2D eigenvalue weighted by Gasteiger charge is -2.25. The third kappa shape index (κ3) is 5.46. The topological polar surface area (TPSA) is 0 Å². The first-order chi connectivity index (χ1) is 13.9. The van der Waals surface area contributed by atoms with Gasteiger partial charge in [0.05, 0.1) is 6.66 Å². The van der Waals surface area contributed by atoms with Crippen LogP contribution in [0.25, 0.3) is 0 Å². The quantitative estimate of drug-likeness (QED) is 0.336. The maximum atomic E-state index is 2.41. The van der Waals surface area contributed by atoms with Gasteiger partial charge in [-0.3, -0.25) is 0 Å². The molecular weight excluding hydrogens is 367 g/mol. The van der Waals surface area contributed by atoms with Crippen LogP contribution in [-0.2, 0) is 0 Å². The van der Waals surface area contributed by atoms with Crippen molar-refractivity contribution in [2.45, 2.75) is 40.0 Å². The van der Waals surface area contributed by atoms with E-state index in [9.17, 15) is 0 Å². The minimum absolute atomic E-state index is 0.488. The van der Waals surface area contributed by atoms with Crippen LogP contribution in [0.5, 0.6) is 0 Å². The Balaban J connectivity index is 0.000000224. The molecule has 0 spiro atoms. The van der Waals surface area contributed by atoms with Gasteiger partial charge >= 0.3 is 0 Å². The van der Waals surface area contributed by atoms with Crippen molar-refractivity contribution in [3.63, 3.8) is 0 Å². The largest absolute Gasteiger partial charge is 0.109 e. The van der Waals surface area contributed by atoms with E-state index >= 15 is 0 Å². The van der Waals surface area contributed by atoms with Crippen molar-refractivity contribution in [2.24, 2.45) is 5.41 Å². The zero-order valence-corrected chi connectivity index (χ0v) is 19.2. The minimum Gasteiger partial charge on any atom is -0.0799 e. The summed E-state index contributed by atoms with van der Waals surface area (Å²) in [5, 5.41) is 4.28. The Kier molecular flexibility index (Phi) is 7.09. The molecule has 1 heteroatoms. The Labute approximate surface area is 178 Å². The van der Waals surface area contributed by atoms with Crippen molar-refractivity contribution in [1.82, 2.24) is 0 Å². The molecule has 4 rings (SSSR count). The lowest BCUT2D eigenvalue weighted by Crippen LogP contribution is -2.30. The molecular formula is C28H34P+. The second-order valence-electron chi connectivity index (χ2n) is 8.85. The van der Waals surface area contributed by atoms with Gasteiger partial charge in [-0.25, -0.2) is 0 Å². The van der Waals surface area contributed by atoms with Crippen LogP contribution in [0, 0.1) is 5.41 Å². The van der Waals surface area contributed by atoms with Crippen LogP contribution in [0.2, 0.25) is 0 Å². The Bertz CT molecular complexity index is 812.